The number of carbonyl (C=O) groups is 2. The Morgan fingerprint density at radius 3 is 2.41 bits per heavy atom. The first-order chi connectivity index (χ1) is 13.0. The van der Waals surface area contributed by atoms with Gasteiger partial charge in [0.15, 0.2) is 0 Å². The lowest BCUT2D eigenvalue weighted by Crippen LogP contribution is -2.15. The molecule has 138 valence electrons. The molecule has 0 aliphatic carbocycles. The van der Waals surface area contributed by atoms with E-state index in [1.165, 1.54) is 0 Å². The molecule has 0 radical (unpaired) electrons. The molecule has 0 saturated heterocycles. The van der Waals surface area contributed by atoms with Gasteiger partial charge in [-0.15, -0.1) is 0 Å². The molecule has 6 nitrogen and oxygen atoms in total. The average Bonchev–Trinajstić information content (AvgIpc) is 3.03. The van der Waals surface area contributed by atoms with Crippen LogP contribution in [0.4, 0.5) is 5.69 Å². The van der Waals surface area contributed by atoms with Crippen LogP contribution in [-0.2, 0) is 18.3 Å². The number of aliphatic carboxylic acids is 1. The third kappa shape index (κ3) is 4.23. The highest BCUT2D eigenvalue weighted by Crippen LogP contribution is 2.20. The van der Waals surface area contributed by atoms with Gasteiger partial charge in [0.2, 0.25) is 0 Å². The van der Waals surface area contributed by atoms with Crippen LogP contribution < -0.4 is 5.32 Å². The molecular formula is C21H21N3O3. The second-order valence-corrected chi connectivity index (χ2v) is 6.43. The number of hydrogen-bond donors (Lipinski definition) is 2. The Hall–Kier alpha value is -3.41. The first-order valence-corrected chi connectivity index (χ1v) is 8.64. The molecule has 1 amide bonds. The molecule has 0 spiro atoms. The van der Waals surface area contributed by atoms with Crippen molar-refractivity contribution < 1.29 is 14.7 Å². The van der Waals surface area contributed by atoms with Gasteiger partial charge >= 0.3 is 5.97 Å². The highest BCUT2D eigenvalue weighted by atomic mass is 16.4. The molecular weight excluding hydrogens is 342 g/mol. The van der Waals surface area contributed by atoms with Gasteiger partial charge in [0.1, 0.15) is 0 Å². The summed E-state index contributed by atoms with van der Waals surface area (Å²) in [5.74, 6) is -1.72. The highest BCUT2D eigenvalue weighted by molar-refractivity contribution is 6.05. The monoisotopic (exact) mass is 363 g/mol. The molecule has 1 atom stereocenters. The smallest absolute Gasteiger partial charge is 0.310 e. The summed E-state index contributed by atoms with van der Waals surface area (Å²) in [6, 6.07) is 16.7. The number of aromatic nitrogens is 2. The van der Waals surface area contributed by atoms with E-state index >= 15 is 0 Å². The maximum Gasteiger partial charge on any atom is 0.310 e. The average molecular weight is 363 g/mol. The number of carbonyl (C=O) groups excluding carboxylic acids is 1. The largest absolute Gasteiger partial charge is 0.481 e. The van der Waals surface area contributed by atoms with E-state index in [1.54, 1.807) is 42.1 Å². The Labute approximate surface area is 157 Å². The molecule has 0 saturated carbocycles. The second-order valence-electron chi connectivity index (χ2n) is 6.43. The second kappa shape index (κ2) is 7.86. The Balaban J connectivity index is 1.76. The Bertz CT molecular complexity index is 947. The summed E-state index contributed by atoms with van der Waals surface area (Å²) >= 11 is 0. The molecule has 0 aliphatic heterocycles. The van der Waals surface area contributed by atoms with Gasteiger partial charge in [-0.25, -0.2) is 0 Å². The van der Waals surface area contributed by atoms with E-state index in [4.69, 9.17) is 5.11 Å². The van der Waals surface area contributed by atoms with Gasteiger partial charge in [-0.2, -0.15) is 5.10 Å². The van der Waals surface area contributed by atoms with E-state index < -0.39 is 11.9 Å². The topological polar surface area (TPSA) is 84.2 Å². The lowest BCUT2D eigenvalue weighted by atomic mass is 10.0. The lowest BCUT2D eigenvalue weighted by molar-refractivity contribution is -0.138. The van der Waals surface area contributed by atoms with Crippen molar-refractivity contribution >= 4 is 17.6 Å². The fourth-order valence-electron chi connectivity index (χ4n) is 2.85. The molecule has 27 heavy (non-hydrogen) atoms. The fourth-order valence-corrected chi connectivity index (χ4v) is 2.85. The maximum absolute atomic E-state index is 12.7. The van der Waals surface area contributed by atoms with Crippen molar-refractivity contribution in [3.63, 3.8) is 0 Å². The van der Waals surface area contributed by atoms with Gasteiger partial charge in [-0.1, -0.05) is 42.5 Å². The van der Waals surface area contributed by atoms with E-state index in [0.29, 0.717) is 23.2 Å². The Kier molecular flexibility index (Phi) is 5.35. The predicted octanol–water partition coefficient (Wildman–Crippen LogP) is 3.45. The van der Waals surface area contributed by atoms with E-state index in [-0.39, 0.29) is 5.91 Å². The number of benzene rings is 2. The van der Waals surface area contributed by atoms with Gasteiger partial charge in [-0.05, 0) is 30.2 Å². The molecule has 3 rings (SSSR count). The lowest BCUT2D eigenvalue weighted by Gasteiger charge is -2.10. The van der Waals surface area contributed by atoms with E-state index in [9.17, 15) is 9.59 Å². The van der Waals surface area contributed by atoms with Crippen LogP contribution in [-0.4, -0.2) is 26.8 Å². The SMILES string of the molecule is CC(C(=O)O)c1ccc(NC(=O)c2cnn(C)c2Cc2ccccc2)cc1. The van der Waals surface area contributed by atoms with Crippen LogP contribution in [0.3, 0.4) is 0 Å². The van der Waals surface area contributed by atoms with Crippen LogP contribution in [0, 0.1) is 0 Å². The third-order valence-corrected chi connectivity index (χ3v) is 4.56. The van der Waals surface area contributed by atoms with Gasteiger partial charge < -0.3 is 10.4 Å². The highest BCUT2D eigenvalue weighted by Gasteiger charge is 2.17. The molecule has 2 N–H and O–H groups in total. The molecule has 0 bridgehead atoms. The van der Waals surface area contributed by atoms with Crippen molar-refractivity contribution in [3.05, 3.63) is 83.2 Å². The number of rotatable bonds is 6. The van der Waals surface area contributed by atoms with Crippen LogP contribution in [0.25, 0.3) is 0 Å². The standard InChI is InChI=1S/C21H21N3O3/c1-14(21(26)27)16-8-10-17(11-9-16)23-20(25)18-13-22-24(2)19(18)12-15-6-4-3-5-7-15/h3-11,13-14H,12H2,1-2H3,(H,23,25)(H,26,27). The summed E-state index contributed by atoms with van der Waals surface area (Å²) in [5, 5.41) is 16.1. The summed E-state index contributed by atoms with van der Waals surface area (Å²) in [5.41, 5.74) is 3.74. The summed E-state index contributed by atoms with van der Waals surface area (Å²) in [6.45, 7) is 1.63. The van der Waals surface area contributed by atoms with Crippen molar-refractivity contribution in [1.82, 2.24) is 9.78 Å². The van der Waals surface area contributed by atoms with Crippen molar-refractivity contribution in [1.29, 1.82) is 0 Å². The van der Waals surface area contributed by atoms with Crippen LogP contribution in [0.5, 0.6) is 0 Å². The molecule has 2 aromatic carbocycles. The Morgan fingerprint density at radius 2 is 1.78 bits per heavy atom. The summed E-state index contributed by atoms with van der Waals surface area (Å²) < 4.78 is 1.71. The molecule has 1 aromatic heterocycles. The van der Waals surface area contributed by atoms with E-state index in [1.807, 2.05) is 37.4 Å². The van der Waals surface area contributed by atoms with Gasteiger partial charge in [0.25, 0.3) is 5.91 Å². The first kappa shape index (κ1) is 18.4. The quantitative estimate of drug-likeness (QED) is 0.702. The van der Waals surface area contributed by atoms with Crippen molar-refractivity contribution in [2.75, 3.05) is 5.32 Å². The molecule has 1 unspecified atom stereocenters. The first-order valence-electron chi connectivity index (χ1n) is 8.64. The number of carboxylic acids is 1. The minimum atomic E-state index is -0.882. The van der Waals surface area contributed by atoms with E-state index in [2.05, 4.69) is 10.4 Å². The third-order valence-electron chi connectivity index (χ3n) is 4.56. The molecule has 0 fully saturated rings. The number of nitrogens with zero attached hydrogens (tertiary/aromatic N) is 2. The van der Waals surface area contributed by atoms with E-state index in [0.717, 1.165) is 11.3 Å². The summed E-state index contributed by atoms with van der Waals surface area (Å²) in [4.78, 5) is 23.8. The zero-order valence-electron chi connectivity index (χ0n) is 15.2. The van der Waals surface area contributed by atoms with Gasteiger partial charge in [0, 0.05) is 19.2 Å². The zero-order chi connectivity index (χ0) is 19.4. The number of anilines is 1. The number of carboxylic acid groups (broad SMARTS) is 1. The van der Waals surface area contributed by atoms with Crippen molar-refractivity contribution in [2.45, 2.75) is 19.3 Å². The van der Waals surface area contributed by atoms with Crippen LogP contribution in [0.1, 0.15) is 40.0 Å². The Morgan fingerprint density at radius 1 is 1.11 bits per heavy atom. The van der Waals surface area contributed by atoms with Gasteiger partial charge in [-0.3, -0.25) is 14.3 Å². The van der Waals surface area contributed by atoms with Crippen LogP contribution in [0.15, 0.2) is 60.8 Å². The summed E-state index contributed by atoms with van der Waals surface area (Å²) in [6.07, 6.45) is 2.17. The fraction of sp³-hybridized carbons (Fsp3) is 0.190. The molecule has 6 heteroatoms. The number of amides is 1. The number of aryl methyl sites for hydroxylation is 1. The minimum Gasteiger partial charge on any atom is -0.481 e. The van der Waals surface area contributed by atoms with Crippen molar-refractivity contribution in [2.24, 2.45) is 7.05 Å². The molecule has 0 aliphatic rings. The predicted molar refractivity (Wildman–Crippen MR) is 103 cm³/mol. The maximum atomic E-state index is 12.7. The van der Waals surface area contributed by atoms with Crippen LogP contribution >= 0.6 is 0 Å². The van der Waals surface area contributed by atoms with Crippen LogP contribution in [0.2, 0.25) is 0 Å². The zero-order valence-corrected chi connectivity index (χ0v) is 15.2. The minimum absolute atomic E-state index is 0.243. The number of hydrogen-bond acceptors (Lipinski definition) is 3. The van der Waals surface area contributed by atoms with Gasteiger partial charge in [0.05, 0.1) is 23.4 Å². The molecule has 3 aromatic rings. The molecule has 1 heterocycles. The van der Waals surface area contributed by atoms with Crippen molar-refractivity contribution in [3.8, 4) is 0 Å². The normalized spacial score (nSPS) is 11.8. The number of nitrogens with one attached hydrogen (secondary N) is 1. The summed E-state index contributed by atoms with van der Waals surface area (Å²) in [7, 11) is 1.82.